The fourth-order valence-corrected chi connectivity index (χ4v) is 1.47. The Hall–Kier alpha value is -0.120. The molecular formula is C12H26O3. The third-order valence-corrected chi connectivity index (χ3v) is 2.12. The van der Waals surface area contributed by atoms with Crippen molar-refractivity contribution < 1.29 is 14.2 Å². The summed E-state index contributed by atoms with van der Waals surface area (Å²) in [7, 11) is 0. The Morgan fingerprint density at radius 1 is 0.867 bits per heavy atom. The third-order valence-electron chi connectivity index (χ3n) is 2.12. The van der Waals surface area contributed by atoms with E-state index in [0.717, 1.165) is 12.8 Å². The van der Waals surface area contributed by atoms with Crippen molar-refractivity contribution >= 4 is 0 Å². The van der Waals surface area contributed by atoms with Gasteiger partial charge in [-0.15, -0.1) is 0 Å². The highest BCUT2D eigenvalue weighted by atomic mass is 16.9. The Bertz CT molecular complexity index is 129. The Balaban J connectivity index is 4.31. The molecule has 0 aromatic carbocycles. The quantitative estimate of drug-likeness (QED) is 0.556. The van der Waals surface area contributed by atoms with E-state index in [1.165, 1.54) is 0 Å². The van der Waals surface area contributed by atoms with E-state index in [9.17, 15) is 0 Å². The second kappa shape index (κ2) is 8.08. The van der Waals surface area contributed by atoms with Gasteiger partial charge in [0.15, 0.2) is 0 Å². The summed E-state index contributed by atoms with van der Waals surface area (Å²) < 4.78 is 16.8. The molecule has 0 spiro atoms. The van der Waals surface area contributed by atoms with Crippen molar-refractivity contribution in [1.82, 2.24) is 0 Å². The Morgan fingerprint density at radius 3 is 1.53 bits per heavy atom. The number of hydrogen-bond donors (Lipinski definition) is 0. The van der Waals surface area contributed by atoms with Gasteiger partial charge in [-0.1, -0.05) is 13.8 Å². The van der Waals surface area contributed by atoms with Crippen molar-refractivity contribution in [3.63, 3.8) is 0 Å². The first kappa shape index (κ1) is 14.9. The SMILES string of the molecule is CCOC(CCC(C)C)(OCC)OCC. The second-order valence-electron chi connectivity index (χ2n) is 3.91. The maximum Gasteiger partial charge on any atom is 0.282 e. The molecule has 0 aromatic rings. The highest BCUT2D eigenvalue weighted by molar-refractivity contribution is 4.60. The largest absolute Gasteiger partial charge is 0.328 e. The van der Waals surface area contributed by atoms with Gasteiger partial charge in [0, 0.05) is 26.2 Å². The molecule has 0 saturated heterocycles. The van der Waals surface area contributed by atoms with Gasteiger partial charge in [0.2, 0.25) is 0 Å². The first-order chi connectivity index (χ1) is 7.10. The lowest BCUT2D eigenvalue weighted by Crippen LogP contribution is -2.39. The van der Waals surface area contributed by atoms with Crippen molar-refractivity contribution in [2.75, 3.05) is 19.8 Å². The molecule has 0 amide bonds. The van der Waals surface area contributed by atoms with Gasteiger partial charge in [-0.25, -0.2) is 0 Å². The Morgan fingerprint density at radius 2 is 1.27 bits per heavy atom. The van der Waals surface area contributed by atoms with Crippen LogP contribution in [0, 0.1) is 5.92 Å². The fourth-order valence-electron chi connectivity index (χ4n) is 1.47. The molecule has 0 heterocycles. The summed E-state index contributed by atoms with van der Waals surface area (Å²) in [5.41, 5.74) is 0. The summed E-state index contributed by atoms with van der Waals surface area (Å²) in [6.45, 7) is 12.1. The minimum atomic E-state index is -0.817. The van der Waals surface area contributed by atoms with Crippen molar-refractivity contribution in [2.24, 2.45) is 5.92 Å². The minimum Gasteiger partial charge on any atom is -0.328 e. The van der Waals surface area contributed by atoms with Crippen molar-refractivity contribution in [2.45, 2.75) is 53.4 Å². The Labute approximate surface area is 94.1 Å². The van der Waals surface area contributed by atoms with E-state index >= 15 is 0 Å². The van der Waals surface area contributed by atoms with Crippen LogP contribution in [-0.2, 0) is 14.2 Å². The third kappa shape index (κ3) is 6.13. The zero-order valence-electron chi connectivity index (χ0n) is 10.8. The van der Waals surface area contributed by atoms with Crippen molar-refractivity contribution in [1.29, 1.82) is 0 Å². The topological polar surface area (TPSA) is 27.7 Å². The molecule has 0 rings (SSSR count). The minimum absolute atomic E-state index is 0.609. The molecule has 0 fully saturated rings. The van der Waals surface area contributed by atoms with Crippen LogP contribution < -0.4 is 0 Å². The van der Waals surface area contributed by atoms with Crippen LogP contribution in [-0.4, -0.2) is 25.8 Å². The average Bonchev–Trinajstić information content (AvgIpc) is 2.16. The van der Waals surface area contributed by atoms with Gasteiger partial charge >= 0.3 is 0 Å². The van der Waals surface area contributed by atoms with E-state index in [1.54, 1.807) is 0 Å². The normalized spacial score (nSPS) is 12.4. The highest BCUT2D eigenvalue weighted by Crippen LogP contribution is 2.24. The lowest BCUT2D eigenvalue weighted by atomic mass is 10.1. The lowest BCUT2D eigenvalue weighted by Gasteiger charge is -2.32. The highest BCUT2D eigenvalue weighted by Gasteiger charge is 2.32. The Kier molecular flexibility index (Phi) is 8.02. The molecule has 0 aromatic heterocycles. The summed E-state index contributed by atoms with van der Waals surface area (Å²) in [6.07, 6.45) is 1.83. The molecule has 0 N–H and O–H groups in total. The second-order valence-corrected chi connectivity index (χ2v) is 3.91. The van der Waals surface area contributed by atoms with E-state index in [4.69, 9.17) is 14.2 Å². The standard InChI is InChI=1S/C12H26O3/c1-6-13-12(14-7-2,15-8-3)10-9-11(4)5/h11H,6-10H2,1-5H3. The summed E-state index contributed by atoms with van der Waals surface area (Å²) in [4.78, 5) is 0. The maximum atomic E-state index is 5.62. The van der Waals surface area contributed by atoms with Crippen LogP contribution in [0.2, 0.25) is 0 Å². The van der Waals surface area contributed by atoms with Gasteiger partial charge < -0.3 is 14.2 Å². The van der Waals surface area contributed by atoms with E-state index in [2.05, 4.69) is 13.8 Å². The molecule has 0 radical (unpaired) electrons. The van der Waals surface area contributed by atoms with Crippen molar-refractivity contribution in [3.05, 3.63) is 0 Å². The van der Waals surface area contributed by atoms with Crippen LogP contribution in [0.3, 0.4) is 0 Å². The number of hydrogen-bond acceptors (Lipinski definition) is 3. The predicted molar refractivity (Wildman–Crippen MR) is 61.7 cm³/mol. The van der Waals surface area contributed by atoms with Crippen LogP contribution in [0.25, 0.3) is 0 Å². The average molecular weight is 218 g/mol. The van der Waals surface area contributed by atoms with Gasteiger partial charge in [0.05, 0.1) is 0 Å². The molecule has 0 aliphatic carbocycles. The summed E-state index contributed by atoms with van der Waals surface area (Å²) in [5.74, 6) is -0.187. The molecule has 0 atom stereocenters. The lowest BCUT2D eigenvalue weighted by molar-refractivity contribution is -0.380. The van der Waals surface area contributed by atoms with Gasteiger partial charge in [-0.3, -0.25) is 0 Å². The van der Waals surface area contributed by atoms with Gasteiger partial charge in [-0.2, -0.15) is 0 Å². The van der Waals surface area contributed by atoms with E-state index in [0.29, 0.717) is 25.7 Å². The van der Waals surface area contributed by atoms with Crippen LogP contribution in [0.4, 0.5) is 0 Å². The molecule has 0 aliphatic heterocycles. The maximum absolute atomic E-state index is 5.62. The monoisotopic (exact) mass is 218 g/mol. The smallest absolute Gasteiger partial charge is 0.282 e. The first-order valence-corrected chi connectivity index (χ1v) is 6.02. The van der Waals surface area contributed by atoms with Crippen LogP contribution in [0.5, 0.6) is 0 Å². The first-order valence-electron chi connectivity index (χ1n) is 6.02. The molecule has 3 heteroatoms. The molecule has 0 bridgehead atoms. The van der Waals surface area contributed by atoms with Crippen LogP contribution in [0.15, 0.2) is 0 Å². The molecule has 0 unspecified atom stereocenters. The zero-order valence-corrected chi connectivity index (χ0v) is 10.8. The summed E-state index contributed by atoms with van der Waals surface area (Å²) >= 11 is 0. The van der Waals surface area contributed by atoms with Gasteiger partial charge in [0.25, 0.3) is 5.97 Å². The fraction of sp³-hybridized carbons (Fsp3) is 1.00. The summed E-state index contributed by atoms with van der Waals surface area (Å²) in [6, 6.07) is 0. The molecule has 0 aliphatic rings. The van der Waals surface area contributed by atoms with E-state index < -0.39 is 5.97 Å². The van der Waals surface area contributed by atoms with E-state index in [-0.39, 0.29) is 0 Å². The molecule has 0 saturated carbocycles. The van der Waals surface area contributed by atoms with Crippen LogP contribution in [0.1, 0.15) is 47.5 Å². The number of rotatable bonds is 9. The molecule has 3 nitrogen and oxygen atoms in total. The van der Waals surface area contributed by atoms with E-state index in [1.807, 2.05) is 20.8 Å². The zero-order chi connectivity index (χ0) is 11.7. The van der Waals surface area contributed by atoms with Gasteiger partial charge in [-0.05, 0) is 33.1 Å². The molecule has 92 valence electrons. The summed E-state index contributed by atoms with van der Waals surface area (Å²) in [5, 5.41) is 0. The molecular weight excluding hydrogens is 192 g/mol. The number of ether oxygens (including phenoxy) is 3. The molecule has 15 heavy (non-hydrogen) atoms. The predicted octanol–water partition coefficient (Wildman–Crippen LogP) is 3.19. The van der Waals surface area contributed by atoms with Crippen molar-refractivity contribution in [3.8, 4) is 0 Å². The van der Waals surface area contributed by atoms with Gasteiger partial charge in [0.1, 0.15) is 0 Å². The van der Waals surface area contributed by atoms with Crippen LogP contribution >= 0.6 is 0 Å².